The Balaban J connectivity index is 1.39. The second-order valence-corrected chi connectivity index (χ2v) is 6.85. The van der Waals surface area contributed by atoms with Crippen LogP contribution < -0.4 is 0 Å². The van der Waals surface area contributed by atoms with Crippen molar-refractivity contribution in [2.45, 2.75) is 13.5 Å². The summed E-state index contributed by atoms with van der Waals surface area (Å²) < 4.78 is 16.1. The molecule has 160 valence electrons. The molecule has 0 spiro atoms. The fraction of sp³-hybridized carbons (Fsp3) is 0.120. The zero-order valence-corrected chi connectivity index (χ0v) is 17.4. The molecule has 32 heavy (non-hydrogen) atoms. The molecule has 7 heteroatoms. The van der Waals surface area contributed by atoms with Gasteiger partial charge < -0.3 is 13.9 Å². The summed E-state index contributed by atoms with van der Waals surface area (Å²) in [5.74, 6) is -0.102. The second-order valence-electron chi connectivity index (χ2n) is 6.85. The van der Waals surface area contributed by atoms with Crippen LogP contribution in [0.25, 0.3) is 22.9 Å². The first kappa shape index (κ1) is 21.0. The van der Waals surface area contributed by atoms with Crippen molar-refractivity contribution in [1.29, 1.82) is 0 Å². The molecule has 0 N–H and O–H groups in total. The predicted octanol–water partition coefficient (Wildman–Crippen LogP) is 4.94. The number of hydrogen-bond donors (Lipinski definition) is 0. The van der Waals surface area contributed by atoms with Crippen LogP contribution in [-0.4, -0.2) is 28.7 Å². The van der Waals surface area contributed by atoms with Crippen LogP contribution in [0.4, 0.5) is 0 Å². The van der Waals surface area contributed by atoms with Crippen LogP contribution in [0.1, 0.15) is 33.2 Å². The van der Waals surface area contributed by atoms with Gasteiger partial charge in [0.25, 0.3) is 0 Å². The first-order chi connectivity index (χ1) is 15.6. The normalized spacial score (nSPS) is 10.5. The Kier molecular flexibility index (Phi) is 6.36. The molecule has 0 aliphatic heterocycles. The monoisotopic (exact) mass is 428 g/mol. The Morgan fingerprint density at radius 2 is 1.41 bits per heavy atom. The highest BCUT2D eigenvalue weighted by molar-refractivity contribution is 5.90. The zero-order valence-electron chi connectivity index (χ0n) is 17.4. The molecule has 1 aromatic heterocycles. The molecule has 1 heterocycles. The minimum atomic E-state index is -0.478. The van der Waals surface area contributed by atoms with Gasteiger partial charge in [-0.15, -0.1) is 10.2 Å². The van der Waals surface area contributed by atoms with Crippen molar-refractivity contribution in [3.63, 3.8) is 0 Å². The minimum Gasteiger partial charge on any atom is -0.462 e. The summed E-state index contributed by atoms with van der Waals surface area (Å²) in [6, 6.07) is 23.0. The Hall–Kier alpha value is -4.26. The van der Waals surface area contributed by atoms with Gasteiger partial charge in [0.2, 0.25) is 11.8 Å². The number of carbonyl (C=O) groups is 2. The lowest BCUT2D eigenvalue weighted by Crippen LogP contribution is -2.07. The molecule has 0 aliphatic carbocycles. The molecule has 0 aliphatic rings. The Labute approximate surface area is 184 Å². The van der Waals surface area contributed by atoms with Gasteiger partial charge in [-0.25, -0.2) is 9.59 Å². The van der Waals surface area contributed by atoms with Crippen LogP contribution in [0.5, 0.6) is 0 Å². The number of ether oxygens (including phenoxy) is 2. The summed E-state index contributed by atoms with van der Waals surface area (Å²) in [6.07, 6.45) is 0. The Morgan fingerprint density at radius 3 is 2.09 bits per heavy atom. The fourth-order valence-corrected chi connectivity index (χ4v) is 3.02. The standard InChI is InChI=1S/C25H20N2O5/c1-2-30-25(29)21-10-6-7-17(15-21)16-31-24(28)20-13-11-19(12-14-20)23-27-26-22(32-23)18-8-4-3-5-9-18/h3-15H,2,16H2,1H3. The van der Waals surface area contributed by atoms with Gasteiger partial charge in [0.1, 0.15) is 6.61 Å². The molecule has 4 rings (SSSR count). The molecule has 4 aromatic rings. The number of aromatic nitrogens is 2. The van der Waals surface area contributed by atoms with Crippen molar-refractivity contribution >= 4 is 11.9 Å². The minimum absolute atomic E-state index is 0.0396. The van der Waals surface area contributed by atoms with Gasteiger partial charge >= 0.3 is 11.9 Å². The van der Waals surface area contributed by atoms with E-state index in [4.69, 9.17) is 13.9 Å². The van der Waals surface area contributed by atoms with E-state index < -0.39 is 11.9 Å². The third-order valence-corrected chi connectivity index (χ3v) is 4.62. The van der Waals surface area contributed by atoms with Gasteiger partial charge in [-0.05, 0) is 61.0 Å². The largest absolute Gasteiger partial charge is 0.462 e. The molecule has 0 saturated heterocycles. The topological polar surface area (TPSA) is 91.5 Å². The maximum atomic E-state index is 12.4. The van der Waals surface area contributed by atoms with E-state index in [1.165, 1.54) is 0 Å². The lowest BCUT2D eigenvalue weighted by molar-refractivity contribution is 0.0472. The average molecular weight is 428 g/mol. The highest BCUT2D eigenvalue weighted by atomic mass is 16.5. The molecule has 7 nitrogen and oxygen atoms in total. The van der Waals surface area contributed by atoms with E-state index in [1.807, 2.05) is 30.3 Å². The van der Waals surface area contributed by atoms with E-state index in [0.717, 1.165) is 5.56 Å². The van der Waals surface area contributed by atoms with Gasteiger partial charge in [0, 0.05) is 11.1 Å². The SMILES string of the molecule is CCOC(=O)c1cccc(COC(=O)c2ccc(-c3nnc(-c4ccccc4)o3)cc2)c1. The van der Waals surface area contributed by atoms with Crippen LogP contribution in [0.3, 0.4) is 0 Å². The van der Waals surface area contributed by atoms with Crippen LogP contribution in [-0.2, 0) is 16.1 Å². The van der Waals surface area contributed by atoms with Crippen molar-refractivity contribution in [3.05, 3.63) is 95.6 Å². The van der Waals surface area contributed by atoms with Crippen molar-refractivity contribution in [2.75, 3.05) is 6.61 Å². The third-order valence-electron chi connectivity index (χ3n) is 4.62. The third kappa shape index (κ3) is 4.89. The van der Waals surface area contributed by atoms with Gasteiger partial charge in [0.05, 0.1) is 17.7 Å². The van der Waals surface area contributed by atoms with Crippen molar-refractivity contribution in [1.82, 2.24) is 10.2 Å². The summed E-state index contributed by atoms with van der Waals surface area (Å²) >= 11 is 0. The van der Waals surface area contributed by atoms with E-state index in [-0.39, 0.29) is 6.61 Å². The van der Waals surface area contributed by atoms with Crippen molar-refractivity contribution in [3.8, 4) is 22.9 Å². The van der Waals surface area contributed by atoms with Gasteiger partial charge in [0.15, 0.2) is 0 Å². The number of rotatable bonds is 7. The van der Waals surface area contributed by atoms with Gasteiger partial charge in [-0.3, -0.25) is 0 Å². The highest BCUT2D eigenvalue weighted by Gasteiger charge is 2.13. The molecule has 0 bridgehead atoms. The Bertz CT molecular complexity index is 1220. The van der Waals surface area contributed by atoms with E-state index in [1.54, 1.807) is 55.5 Å². The number of nitrogens with zero attached hydrogens (tertiary/aromatic N) is 2. The maximum Gasteiger partial charge on any atom is 0.338 e. The summed E-state index contributed by atoms with van der Waals surface area (Å²) in [7, 11) is 0. The van der Waals surface area contributed by atoms with Crippen molar-refractivity contribution in [2.24, 2.45) is 0 Å². The average Bonchev–Trinajstić information content (AvgIpc) is 3.34. The van der Waals surface area contributed by atoms with E-state index >= 15 is 0 Å². The second kappa shape index (κ2) is 9.70. The van der Waals surface area contributed by atoms with Crippen LogP contribution in [0, 0.1) is 0 Å². The van der Waals surface area contributed by atoms with Crippen LogP contribution in [0.2, 0.25) is 0 Å². The Morgan fingerprint density at radius 1 is 0.750 bits per heavy atom. The summed E-state index contributed by atoms with van der Waals surface area (Å²) in [6.45, 7) is 2.08. The van der Waals surface area contributed by atoms with Gasteiger partial charge in [-0.1, -0.05) is 30.3 Å². The smallest absolute Gasteiger partial charge is 0.338 e. The van der Waals surface area contributed by atoms with E-state index in [0.29, 0.717) is 40.6 Å². The molecule has 3 aromatic carbocycles. The summed E-state index contributed by atoms with van der Waals surface area (Å²) in [4.78, 5) is 24.3. The van der Waals surface area contributed by atoms with E-state index in [2.05, 4.69) is 10.2 Å². The quantitative estimate of drug-likeness (QED) is 0.385. The zero-order chi connectivity index (χ0) is 22.3. The number of esters is 2. The van der Waals surface area contributed by atoms with E-state index in [9.17, 15) is 9.59 Å². The van der Waals surface area contributed by atoms with Crippen LogP contribution in [0.15, 0.2) is 83.3 Å². The molecule has 0 saturated carbocycles. The number of hydrogen-bond acceptors (Lipinski definition) is 7. The first-order valence-corrected chi connectivity index (χ1v) is 10.1. The lowest BCUT2D eigenvalue weighted by atomic mass is 10.1. The molecule has 0 radical (unpaired) electrons. The first-order valence-electron chi connectivity index (χ1n) is 10.1. The van der Waals surface area contributed by atoms with Gasteiger partial charge in [-0.2, -0.15) is 0 Å². The molecule has 0 unspecified atom stereocenters. The number of benzene rings is 3. The molecule has 0 atom stereocenters. The highest BCUT2D eigenvalue weighted by Crippen LogP contribution is 2.24. The molecule has 0 fully saturated rings. The molecular weight excluding hydrogens is 408 g/mol. The fourth-order valence-electron chi connectivity index (χ4n) is 3.02. The molecule has 0 amide bonds. The predicted molar refractivity (Wildman–Crippen MR) is 117 cm³/mol. The van der Waals surface area contributed by atoms with Crippen LogP contribution >= 0.6 is 0 Å². The lowest BCUT2D eigenvalue weighted by Gasteiger charge is -2.07. The molecular formula is C25H20N2O5. The number of carbonyl (C=O) groups excluding carboxylic acids is 2. The maximum absolute atomic E-state index is 12.4. The summed E-state index contributed by atoms with van der Waals surface area (Å²) in [5, 5.41) is 8.15. The summed E-state index contributed by atoms with van der Waals surface area (Å²) in [5.41, 5.74) is 3.02. The van der Waals surface area contributed by atoms with Crippen molar-refractivity contribution < 1.29 is 23.5 Å².